The van der Waals surface area contributed by atoms with Crippen LogP contribution in [0.5, 0.6) is 5.75 Å². The van der Waals surface area contributed by atoms with E-state index in [4.69, 9.17) is 25.8 Å². The minimum absolute atomic E-state index is 0.0478. The van der Waals surface area contributed by atoms with E-state index in [1.54, 1.807) is 13.2 Å². The third kappa shape index (κ3) is 4.88. The van der Waals surface area contributed by atoms with Crippen molar-refractivity contribution in [1.82, 2.24) is 0 Å². The number of esters is 1. The number of nitrogens with zero attached hydrogens (tertiary/aromatic N) is 1. The van der Waals surface area contributed by atoms with E-state index < -0.39 is 0 Å². The third-order valence-electron chi connectivity index (χ3n) is 8.61. The molecule has 2 saturated carbocycles. The number of methoxy groups -OCH3 is 2. The molecule has 3 aliphatic rings. The summed E-state index contributed by atoms with van der Waals surface area (Å²) in [5, 5.41) is 0.790. The van der Waals surface area contributed by atoms with Crippen LogP contribution in [0.3, 0.4) is 0 Å². The van der Waals surface area contributed by atoms with Crippen LogP contribution in [0.25, 0.3) is 0 Å². The predicted molar refractivity (Wildman–Crippen MR) is 143 cm³/mol. The van der Waals surface area contributed by atoms with Gasteiger partial charge in [0.15, 0.2) is 0 Å². The quantitative estimate of drug-likeness (QED) is 0.323. The number of carbonyl (C=O) groups is 1. The van der Waals surface area contributed by atoms with Gasteiger partial charge in [-0.1, -0.05) is 23.7 Å². The van der Waals surface area contributed by atoms with E-state index in [0.29, 0.717) is 35.8 Å². The zero-order valence-electron chi connectivity index (χ0n) is 21.3. The molecule has 5 rings (SSSR count). The van der Waals surface area contributed by atoms with Crippen LogP contribution < -0.4 is 9.64 Å². The van der Waals surface area contributed by atoms with Crippen LogP contribution in [0.1, 0.15) is 59.5 Å². The van der Waals surface area contributed by atoms with E-state index in [-0.39, 0.29) is 12.1 Å². The molecule has 0 bridgehead atoms. The summed E-state index contributed by atoms with van der Waals surface area (Å²) < 4.78 is 17.1. The summed E-state index contributed by atoms with van der Waals surface area (Å²) in [6.45, 7) is 6.22. The second-order valence-electron chi connectivity index (χ2n) is 10.4. The summed E-state index contributed by atoms with van der Waals surface area (Å²) in [7, 11) is 3.18. The lowest BCUT2D eigenvalue weighted by Gasteiger charge is -2.43. The van der Waals surface area contributed by atoms with Crippen LogP contribution in [-0.2, 0) is 16.0 Å². The molecule has 36 heavy (non-hydrogen) atoms. The van der Waals surface area contributed by atoms with Crippen molar-refractivity contribution in [1.29, 1.82) is 0 Å². The molecule has 0 spiro atoms. The van der Waals surface area contributed by atoms with Gasteiger partial charge < -0.3 is 19.1 Å². The monoisotopic (exact) mass is 509 g/mol. The van der Waals surface area contributed by atoms with Crippen LogP contribution in [0, 0.1) is 17.8 Å². The molecule has 2 aliphatic carbocycles. The maximum Gasteiger partial charge on any atom is 0.337 e. The molecule has 2 fully saturated rings. The van der Waals surface area contributed by atoms with E-state index in [1.807, 2.05) is 24.3 Å². The summed E-state index contributed by atoms with van der Waals surface area (Å²) in [6, 6.07) is 12.0. The molecule has 5 nitrogen and oxygen atoms in total. The van der Waals surface area contributed by atoms with Gasteiger partial charge in [-0.3, -0.25) is 0 Å². The summed E-state index contributed by atoms with van der Waals surface area (Å²) >= 11 is 6.49. The van der Waals surface area contributed by atoms with Gasteiger partial charge >= 0.3 is 5.97 Å². The molecule has 2 aromatic rings. The number of halogens is 1. The Hall–Kier alpha value is -2.50. The van der Waals surface area contributed by atoms with Crippen molar-refractivity contribution >= 4 is 23.3 Å². The molecule has 5 atom stereocenters. The maximum atomic E-state index is 12.5. The van der Waals surface area contributed by atoms with Gasteiger partial charge in [-0.05, 0) is 97.2 Å². The van der Waals surface area contributed by atoms with Crippen LogP contribution in [0.2, 0.25) is 5.02 Å². The fraction of sp³-hybridized carbons (Fsp3) is 0.500. The molecular weight excluding hydrogens is 474 g/mol. The van der Waals surface area contributed by atoms with Crippen LogP contribution in [0.15, 0.2) is 49.1 Å². The Morgan fingerprint density at radius 2 is 2.03 bits per heavy atom. The van der Waals surface area contributed by atoms with E-state index >= 15 is 0 Å². The number of benzene rings is 2. The number of anilines is 1. The van der Waals surface area contributed by atoms with Gasteiger partial charge in [-0.15, -0.1) is 6.58 Å². The first-order valence-corrected chi connectivity index (χ1v) is 13.4. The molecule has 192 valence electrons. The van der Waals surface area contributed by atoms with Gasteiger partial charge in [0, 0.05) is 25.2 Å². The number of hydrogen-bond donors (Lipinski definition) is 0. The van der Waals surface area contributed by atoms with Crippen LogP contribution in [-0.4, -0.2) is 39.4 Å². The summed E-state index contributed by atoms with van der Waals surface area (Å²) in [6.07, 6.45) is 7.66. The third-order valence-corrected chi connectivity index (χ3v) is 8.85. The molecule has 0 saturated heterocycles. The minimum Gasteiger partial charge on any atom is -0.491 e. The minimum atomic E-state index is -0.343. The summed E-state index contributed by atoms with van der Waals surface area (Å²) in [4.78, 5) is 14.8. The highest BCUT2D eigenvalue weighted by atomic mass is 35.5. The van der Waals surface area contributed by atoms with Crippen molar-refractivity contribution in [2.45, 2.75) is 50.7 Å². The Bertz CT molecular complexity index is 1120. The lowest BCUT2D eigenvalue weighted by Crippen LogP contribution is -2.43. The van der Waals surface area contributed by atoms with E-state index in [0.717, 1.165) is 48.8 Å². The van der Waals surface area contributed by atoms with Gasteiger partial charge in [0.1, 0.15) is 5.75 Å². The summed E-state index contributed by atoms with van der Waals surface area (Å²) in [5.74, 6) is 2.49. The number of fused-ring (bicyclic) bond motifs is 4. The number of hydrogen-bond acceptors (Lipinski definition) is 5. The normalized spacial score (nSPS) is 25.9. The fourth-order valence-electron chi connectivity index (χ4n) is 6.27. The smallest absolute Gasteiger partial charge is 0.337 e. The molecule has 1 heterocycles. The Kier molecular flexibility index (Phi) is 7.59. The fourth-order valence-corrected chi connectivity index (χ4v) is 6.45. The highest BCUT2D eigenvalue weighted by Crippen LogP contribution is 2.48. The van der Waals surface area contributed by atoms with Crippen molar-refractivity contribution in [3.63, 3.8) is 0 Å². The van der Waals surface area contributed by atoms with E-state index in [9.17, 15) is 4.79 Å². The first-order valence-electron chi connectivity index (χ1n) is 13.1. The van der Waals surface area contributed by atoms with Crippen molar-refractivity contribution < 1.29 is 19.0 Å². The van der Waals surface area contributed by atoms with Gasteiger partial charge in [0.05, 0.1) is 31.1 Å². The molecule has 0 aromatic heterocycles. The Balaban J connectivity index is 1.56. The second kappa shape index (κ2) is 10.9. The highest BCUT2D eigenvalue weighted by molar-refractivity contribution is 6.30. The van der Waals surface area contributed by atoms with Crippen LogP contribution >= 0.6 is 11.6 Å². The Labute approximate surface area is 219 Å². The molecule has 0 radical (unpaired) electrons. The average molecular weight is 510 g/mol. The SMILES string of the molecule is C=C[C@H](OC)[C@@H]1CC[C@H]1CN1Cc2ccc(Cl)cc2[C@H]2CC[C@H]2CCOc2ccc(C(=O)OC)cc21. The van der Waals surface area contributed by atoms with E-state index in [2.05, 4.69) is 23.6 Å². The molecule has 6 heteroatoms. The van der Waals surface area contributed by atoms with Crippen molar-refractivity contribution in [3.05, 3.63) is 70.8 Å². The lowest BCUT2D eigenvalue weighted by atomic mass is 9.67. The molecule has 0 N–H and O–H groups in total. The lowest BCUT2D eigenvalue weighted by molar-refractivity contribution is 0.0137. The molecule has 1 aliphatic heterocycles. The van der Waals surface area contributed by atoms with Crippen molar-refractivity contribution in [3.8, 4) is 5.75 Å². The average Bonchev–Trinajstić information content (AvgIpc) is 2.87. The molecule has 0 unspecified atom stereocenters. The van der Waals surface area contributed by atoms with Gasteiger partial charge in [0.25, 0.3) is 0 Å². The second-order valence-corrected chi connectivity index (χ2v) is 10.9. The first-order chi connectivity index (χ1) is 17.5. The summed E-state index contributed by atoms with van der Waals surface area (Å²) in [5.41, 5.74) is 4.13. The standard InChI is InChI=1S/C30H36ClNO4/c1-4-28(34-2)25-11-7-21(25)17-32-18-22-5-9-23(31)16-26(22)24-10-6-19(24)13-14-36-29-12-8-20(15-27(29)32)30(33)35-3/h4-5,8-9,12,15-16,19,21,24-25,28H,1,6-7,10-11,13-14,17-18H2,2-3H3/t19-,21-,24-,25+,28-/m0/s1. The number of carbonyl (C=O) groups excluding carboxylic acids is 1. The van der Waals surface area contributed by atoms with Gasteiger partial charge in [-0.25, -0.2) is 4.79 Å². The van der Waals surface area contributed by atoms with E-state index in [1.165, 1.54) is 31.1 Å². The topological polar surface area (TPSA) is 48.0 Å². The highest BCUT2D eigenvalue weighted by Gasteiger charge is 2.38. The van der Waals surface area contributed by atoms with Crippen LogP contribution in [0.4, 0.5) is 5.69 Å². The predicted octanol–water partition coefficient (Wildman–Crippen LogP) is 6.64. The molecule has 0 amide bonds. The Morgan fingerprint density at radius 1 is 1.17 bits per heavy atom. The van der Waals surface area contributed by atoms with Gasteiger partial charge in [0.2, 0.25) is 0 Å². The first kappa shape index (κ1) is 25.2. The zero-order chi connectivity index (χ0) is 25.2. The number of ether oxygens (including phenoxy) is 3. The largest absolute Gasteiger partial charge is 0.491 e. The van der Waals surface area contributed by atoms with Crippen molar-refractivity contribution in [2.24, 2.45) is 17.8 Å². The Morgan fingerprint density at radius 3 is 2.69 bits per heavy atom. The molecule has 2 aromatic carbocycles. The maximum absolute atomic E-state index is 12.5. The van der Waals surface area contributed by atoms with Gasteiger partial charge in [-0.2, -0.15) is 0 Å². The van der Waals surface area contributed by atoms with Crippen molar-refractivity contribution in [2.75, 3.05) is 32.3 Å². The number of rotatable bonds is 6. The zero-order valence-corrected chi connectivity index (χ0v) is 22.0. The molecular formula is C30H36ClNO4.